The summed E-state index contributed by atoms with van der Waals surface area (Å²) in [5.74, 6) is -0.137. The maximum absolute atomic E-state index is 12.6. The first kappa shape index (κ1) is 17.5. The van der Waals surface area contributed by atoms with Gasteiger partial charge in [-0.3, -0.25) is 14.5 Å². The van der Waals surface area contributed by atoms with Gasteiger partial charge in [-0.05, 0) is 31.4 Å². The number of carbonyl (C=O) groups excluding carboxylic acids is 2. The standard InChI is InChI=1S/C18H26N4O3/c19-18(25)15-6-3-4-8-22(15)17(24)13-20-9-11-21(12-10-20)14-5-1-2-7-16(14)23/h1-2,5,7,15,23H,3-4,6,8-13H2,(H2,19,25)/t15-/m0/s1. The number of carbonyl (C=O) groups is 2. The number of para-hydroxylation sites is 2. The number of amides is 2. The highest BCUT2D eigenvalue weighted by Gasteiger charge is 2.31. The topological polar surface area (TPSA) is 90.1 Å². The number of anilines is 1. The normalized spacial score (nSPS) is 22.0. The molecule has 2 aliphatic heterocycles. The molecule has 2 amide bonds. The van der Waals surface area contributed by atoms with Crippen molar-refractivity contribution in [3.05, 3.63) is 24.3 Å². The Morgan fingerprint density at radius 1 is 1.08 bits per heavy atom. The van der Waals surface area contributed by atoms with Gasteiger partial charge in [0.15, 0.2) is 0 Å². The molecule has 0 aliphatic carbocycles. The van der Waals surface area contributed by atoms with Crippen LogP contribution < -0.4 is 10.6 Å². The zero-order chi connectivity index (χ0) is 17.8. The van der Waals surface area contributed by atoms with Crippen LogP contribution in [-0.2, 0) is 9.59 Å². The summed E-state index contributed by atoms with van der Waals surface area (Å²) in [4.78, 5) is 30.1. The van der Waals surface area contributed by atoms with Crippen LogP contribution in [0.15, 0.2) is 24.3 Å². The molecule has 2 aliphatic rings. The second-order valence-electron chi connectivity index (χ2n) is 6.75. The molecule has 0 bridgehead atoms. The molecule has 136 valence electrons. The fourth-order valence-corrected chi connectivity index (χ4v) is 3.69. The third kappa shape index (κ3) is 4.04. The van der Waals surface area contributed by atoms with Crippen LogP contribution in [0.2, 0.25) is 0 Å². The molecule has 2 heterocycles. The number of primary amides is 1. The van der Waals surface area contributed by atoms with Crippen LogP contribution in [-0.4, -0.2) is 72.0 Å². The average Bonchev–Trinajstić information content (AvgIpc) is 2.63. The molecule has 1 atom stereocenters. The van der Waals surface area contributed by atoms with E-state index < -0.39 is 11.9 Å². The molecule has 0 unspecified atom stereocenters. The van der Waals surface area contributed by atoms with E-state index in [9.17, 15) is 14.7 Å². The van der Waals surface area contributed by atoms with Crippen molar-refractivity contribution in [2.75, 3.05) is 44.2 Å². The molecule has 2 fully saturated rings. The van der Waals surface area contributed by atoms with Gasteiger partial charge < -0.3 is 20.6 Å². The maximum Gasteiger partial charge on any atom is 0.240 e. The van der Waals surface area contributed by atoms with E-state index in [1.165, 1.54) is 0 Å². The molecular weight excluding hydrogens is 320 g/mol. The SMILES string of the molecule is NC(=O)[C@@H]1CCCCN1C(=O)CN1CCN(c2ccccc2O)CC1. The molecule has 1 aromatic carbocycles. The second kappa shape index (κ2) is 7.74. The van der Waals surface area contributed by atoms with E-state index >= 15 is 0 Å². The van der Waals surface area contributed by atoms with Gasteiger partial charge in [-0.1, -0.05) is 12.1 Å². The van der Waals surface area contributed by atoms with E-state index in [0.717, 1.165) is 44.7 Å². The van der Waals surface area contributed by atoms with Crippen LogP contribution in [0.25, 0.3) is 0 Å². The molecule has 3 rings (SSSR count). The summed E-state index contributed by atoms with van der Waals surface area (Å²) in [5.41, 5.74) is 6.28. The van der Waals surface area contributed by atoms with Crippen molar-refractivity contribution in [1.29, 1.82) is 0 Å². The number of benzene rings is 1. The highest BCUT2D eigenvalue weighted by molar-refractivity contribution is 5.87. The number of phenols is 1. The monoisotopic (exact) mass is 346 g/mol. The van der Waals surface area contributed by atoms with Gasteiger partial charge in [0, 0.05) is 32.7 Å². The lowest BCUT2D eigenvalue weighted by molar-refractivity contribution is -0.142. The van der Waals surface area contributed by atoms with Crippen LogP contribution in [0.5, 0.6) is 5.75 Å². The molecule has 2 saturated heterocycles. The van der Waals surface area contributed by atoms with Gasteiger partial charge in [0.25, 0.3) is 0 Å². The van der Waals surface area contributed by atoms with Crippen molar-refractivity contribution >= 4 is 17.5 Å². The quantitative estimate of drug-likeness (QED) is 0.823. The molecule has 0 saturated carbocycles. The lowest BCUT2D eigenvalue weighted by Crippen LogP contribution is -2.55. The van der Waals surface area contributed by atoms with E-state index in [-0.39, 0.29) is 11.7 Å². The predicted octanol–water partition coefficient (Wildman–Crippen LogP) is 0.381. The van der Waals surface area contributed by atoms with Crippen molar-refractivity contribution in [2.24, 2.45) is 5.73 Å². The molecule has 3 N–H and O–H groups in total. The Morgan fingerprint density at radius 2 is 1.80 bits per heavy atom. The summed E-state index contributed by atoms with van der Waals surface area (Å²) in [6, 6.07) is 6.85. The summed E-state index contributed by atoms with van der Waals surface area (Å²) < 4.78 is 0. The first-order valence-corrected chi connectivity index (χ1v) is 8.90. The summed E-state index contributed by atoms with van der Waals surface area (Å²) in [6.45, 7) is 3.93. The predicted molar refractivity (Wildman–Crippen MR) is 95.3 cm³/mol. The van der Waals surface area contributed by atoms with Crippen molar-refractivity contribution < 1.29 is 14.7 Å². The minimum Gasteiger partial charge on any atom is -0.506 e. The number of hydrogen-bond acceptors (Lipinski definition) is 5. The molecule has 7 nitrogen and oxygen atoms in total. The van der Waals surface area contributed by atoms with Crippen molar-refractivity contribution in [3.63, 3.8) is 0 Å². The van der Waals surface area contributed by atoms with Gasteiger partial charge in [-0.15, -0.1) is 0 Å². The van der Waals surface area contributed by atoms with Crippen molar-refractivity contribution in [3.8, 4) is 5.75 Å². The summed E-state index contributed by atoms with van der Waals surface area (Å²) in [7, 11) is 0. The van der Waals surface area contributed by atoms with Crippen LogP contribution in [0.3, 0.4) is 0 Å². The summed E-state index contributed by atoms with van der Waals surface area (Å²) in [6.07, 6.45) is 2.54. The van der Waals surface area contributed by atoms with Crippen molar-refractivity contribution in [2.45, 2.75) is 25.3 Å². The molecule has 0 radical (unpaired) electrons. The van der Waals surface area contributed by atoms with Crippen molar-refractivity contribution in [1.82, 2.24) is 9.80 Å². The van der Waals surface area contributed by atoms with Crippen LogP contribution >= 0.6 is 0 Å². The fraction of sp³-hybridized carbons (Fsp3) is 0.556. The molecule has 0 spiro atoms. The van der Waals surface area contributed by atoms with E-state index in [1.54, 1.807) is 11.0 Å². The minimum atomic E-state index is -0.455. The highest BCUT2D eigenvalue weighted by Crippen LogP contribution is 2.27. The highest BCUT2D eigenvalue weighted by atomic mass is 16.3. The lowest BCUT2D eigenvalue weighted by atomic mass is 10.0. The number of rotatable bonds is 4. The maximum atomic E-state index is 12.6. The number of phenolic OH excluding ortho intramolecular Hbond substituents is 1. The Morgan fingerprint density at radius 3 is 2.48 bits per heavy atom. The van der Waals surface area contributed by atoms with Gasteiger partial charge in [0.2, 0.25) is 11.8 Å². The molecule has 7 heteroatoms. The Labute approximate surface area is 148 Å². The third-order valence-electron chi connectivity index (χ3n) is 5.11. The van der Waals surface area contributed by atoms with Gasteiger partial charge in [0.1, 0.15) is 11.8 Å². The van der Waals surface area contributed by atoms with E-state index in [1.807, 2.05) is 18.2 Å². The zero-order valence-electron chi connectivity index (χ0n) is 14.4. The van der Waals surface area contributed by atoms with Gasteiger partial charge >= 0.3 is 0 Å². The Balaban J connectivity index is 1.54. The Kier molecular flexibility index (Phi) is 5.43. The number of piperidine rings is 1. The van der Waals surface area contributed by atoms with Gasteiger partial charge in [-0.25, -0.2) is 0 Å². The van der Waals surface area contributed by atoms with Gasteiger partial charge in [-0.2, -0.15) is 0 Å². The third-order valence-corrected chi connectivity index (χ3v) is 5.11. The fourth-order valence-electron chi connectivity index (χ4n) is 3.69. The summed E-state index contributed by atoms with van der Waals surface area (Å²) in [5, 5.41) is 9.97. The number of likely N-dealkylation sites (tertiary alicyclic amines) is 1. The van der Waals surface area contributed by atoms with E-state index in [2.05, 4.69) is 9.80 Å². The largest absolute Gasteiger partial charge is 0.506 e. The first-order valence-electron chi connectivity index (χ1n) is 8.90. The Hall–Kier alpha value is -2.28. The van der Waals surface area contributed by atoms with Gasteiger partial charge in [0.05, 0.1) is 12.2 Å². The van der Waals surface area contributed by atoms with Crippen LogP contribution in [0.1, 0.15) is 19.3 Å². The van der Waals surface area contributed by atoms with Crippen LogP contribution in [0.4, 0.5) is 5.69 Å². The molecular formula is C18H26N4O3. The van der Waals surface area contributed by atoms with Crippen LogP contribution in [0, 0.1) is 0 Å². The molecule has 1 aromatic rings. The number of nitrogens with zero attached hydrogens (tertiary/aromatic N) is 3. The second-order valence-corrected chi connectivity index (χ2v) is 6.75. The summed E-state index contributed by atoms with van der Waals surface area (Å²) >= 11 is 0. The number of aromatic hydroxyl groups is 1. The minimum absolute atomic E-state index is 0.0143. The molecule has 0 aromatic heterocycles. The number of nitrogens with two attached hydrogens (primary N) is 1. The number of piperazine rings is 1. The zero-order valence-corrected chi connectivity index (χ0v) is 14.4. The lowest BCUT2D eigenvalue weighted by Gasteiger charge is -2.38. The smallest absolute Gasteiger partial charge is 0.240 e. The average molecular weight is 346 g/mol. The van der Waals surface area contributed by atoms with E-state index in [0.29, 0.717) is 19.5 Å². The van der Waals surface area contributed by atoms with E-state index in [4.69, 9.17) is 5.73 Å². The first-order chi connectivity index (χ1) is 12.1. The molecule has 25 heavy (non-hydrogen) atoms. The number of hydrogen-bond donors (Lipinski definition) is 2. The Bertz CT molecular complexity index is 629.